The lowest BCUT2D eigenvalue weighted by Crippen LogP contribution is -2.32. The van der Waals surface area contributed by atoms with Gasteiger partial charge in [0.2, 0.25) is 0 Å². The Morgan fingerprint density at radius 3 is 2.38 bits per heavy atom. The molecule has 0 aliphatic carbocycles. The smallest absolute Gasteiger partial charge is 0.175 e. The highest BCUT2D eigenvalue weighted by atomic mass is 79.9. The summed E-state index contributed by atoms with van der Waals surface area (Å²) in [6.07, 6.45) is 0. The molecule has 0 N–H and O–H groups in total. The molecule has 21 heavy (non-hydrogen) atoms. The van der Waals surface area contributed by atoms with Crippen molar-refractivity contribution in [2.75, 3.05) is 19.5 Å². The summed E-state index contributed by atoms with van der Waals surface area (Å²) in [5.41, 5.74) is 0.884. The van der Waals surface area contributed by atoms with Gasteiger partial charge in [-0.1, -0.05) is 0 Å². The van der Waals surface area contributed by atoms with Gasteiger partial charge in [-0.3, -0.25) is 0 Å². The molecule has 0 spiro atoms. The number of hydrogen-bond donors (Lipinski definition) is 0. The third-order valence-corrected chi connectivity index (χ3v) is 6.44. The summed E-state index contributed by atoms with van der Waals surface area (Å²) in [6, 6.07) is 3.59. The van der Waals surface area contributed by atoms with E-state index >= 15 is 0 Å². The summed E-state index contributed by atoms with van der Waals surface area (Å²) in [6.45, 7) is 5.09. The van der Waals surface area contributed by atoms with Crippen LogP contribution >= 0.6 is 27.5 Å². The van der Waals surface area contributed by atoms with E-state index in [1.807, 2.05) is 6.07 Å². The quantitative estimate of drug-likeness (QED) is 0.683. The SMILES string of the molecule is COc1cc(CCl)cc(Br)c1OCCS(=O)(=O)C(C)(C)C. The van der Waals surface area contributed by atoms with Crippen LogP contribution in [0.4, 0.5) is 0 Å². The van der Waals surface area contributed by atoms with Crippen LogP contribution in [0.3, 0.4) is 0 Å². The second-order valence-corrected chi connectivity index (χ2v) is 9.51. The fraction of sp³-hybridized carbons (Fsp3) is 0.571. The van der Waals surface area contributed by atoms with Crippen molar-refractivity contribution >= 4 is 37.4 Å². The van der Waals surface area contributed by atoms with Crippen LogP contribution < -0.4 is 9.47 Å². The Labute approximate surface area is 139 Å². The fourth-order valence-electron chi connectivity index (χ4n) is 1.55. The second-order valence-electron chi connectivity index (χ2n) is 5.52. The molecule has 1 rings (SSSR count). The van der Waals surface area contributed by atoms with Gasteiger partial charge in [0.25, 0.3) is 0 Å². The molecule has 120 valence electrons. The molecule has 0 aliphatic heterocycles. The maximum atomic E-state index is 12.0. The second kappa shape index (κ2) is 7.20. The minimum atomic E-state index is -3.22. The number of alkyl halides is 1. The summed E-state index contributed by atoms with van der Waals surface area (Å²) in [5.74, 6) is 1.31. The van der Waals surface area contributed by atoms with E-state index in [0.29, 0.717) is 21.9 Å². The zero-order valence-corrected chi connectivity index (χ0v) is 15.7. The third kappa shape index (κ3) is 4.76. The lowest BCUT2D eigenvalue weighted by atomic mass is 10.2. The van der Waals surface area contributed by atoms with Crippen LogP contribution in [0.5, 0.6) is 11.5 Å². The predicted molar refractivity (Wildman–Crippen MR) is 89.3 cm³/mol. The molecule has 0 saturated carbocycles. The average molecular weight is 400 g/mol. The van der Waals surface area contributed by atoms with Crippen molar-refractivity contribution in [3.05, 3.63) is 22.2 Å². The first-order chi connectivity index (χ1) is 9.62. The summed E-state index contributed by atoms with van der Waals surface area (Å²) >= 11 is 9.18. The van der Waals surface area contributed by atoms with E-state index in [1.54, 1.807) is 26.8 Å². The van der Waals surface area contributed by atoms with Gasteiger partial charge < -0.3 is 9.47 Å². The molecule has 0 radical (unpaired) electrons. The Kier molecular flexibility index (Phi) is 6.37. The number of rotatable bonds is 6. The summed E-state index contributed by atoms with van der Waals surface area (Å²) in [7, 11) is -1.69. The molecule has 0 bridgehead atoms. The predicted octanol–water partition coefficient (Wildman–Crippen LogP) is 3.79. The molecule has 0 aliphatic rings. The first-order valence-corrected chi connectivity index (χ1v) is 9.38. The van der Waals surface area contributed by atoms with Gasteiger partial charge in [0.15, 0.2) is 21.3 Å². The number of benzene rings is 1. The minimum Gasteiger partial charge on any atom is -0.493 e. The highest BCUT2D eigenvalue weighted by Crippen LogP contribution is 2.37. The Bertz CT molecular complexity index is 594. The van der Waals surface area contributed by atoms with Gasteiger partial charge in [0, 0.05) is 5.88 Å². The van der Waals surface area contributed by atoms with E-state index in [9.17, 15) is 8.42 Å². The maximum absolute atomic E-state index is 12.0. The number of halogens is 2. The molecule has 0 saturated heterocycles. The standard InChI is InChI=1S/C14H20BrClO4S/c1-14(2,3)21(17,18)6-5-20-13-11(15)7-10(9-16)8-12(13)19-4/h7-8H,5-6,9H2,1-4H3. The van der Waals surface area contributed by atoms with Crippen LogP contribution in [0.25, 0.3) is 0 Å². The van der Waals surface area contributed by atoms with Crippen molar-refractivity contribution in [1.82, 2.24) is 0 Å². The zero-order valence-electron chi connectivity index (χ0n) is 12.6. The van der Waals surface area contributed by atoms with Crippen molar-refractivity contribution in [2.45, 2.75) is 31.4 Å². The molecule has 0 atom stereocenters. The van der Waals surface area contributed by atoms with Gasteiger partial charge in [-0.05, 0) is 54.4 Å². The first kappa shape index (κ1) is 18.6. The number of methoxy groups -OCH3 is 1. The van der Waals surface area contributed by atoms with Crippen molar-refractivity contribution in [1.29, 1.82) is 0 Å². The molecule has 1 aromatic rings. The van der Waals surface area contributed by atoms with Crippen LogP contribution in [0.15, 0.2) is 16.6 Å². The Balaban J connectivity index is 2.86. The van der Waals surface area contributed by atoms with Crippen LogP contribution in [0.2, 0.25) is 0 Å². The molecule has 0 amide bonds. The van der Waals surface area contributed by atoms with Gasteiger partial charge in [-0.2, -0.15) is 0 Å². The van der Waals surface area contributed by atoms with E-state index in [1.165, 1.54) is 7.11 Å². The van der Waals surface area contributed by atoms with Crippen molar-refractivity contribution in [3.63, 3.8) is 0 Å². The molecule has 1 aromatic carbocycles. The molecular formula is C14H20BrClO4S. The molecule has 7 heteroatoms. The summed E-state index contributed by atoms with van der Waals surface area (Å²) < 4.78 is 34.8. The number of sulfone groups is 1. The zero-order chi connectivity index (χ0) is 16.3. The lowest BCUT2D eigenvalue weighted by molar-refractivity contribution is 0.309. The van der Waals surface area contributed by atoms with E-state index in [0.717, 1.165) is 5.56 Å². The van der Waals surface area contributed by atoms with Gasteiger partial charge in [0.05, 0.1) is 22.1 Å². The van der Waals surface area contributed by atoms with Crippen molar-refractivity contribution < 1.29 is 17.9 Å². The molecule has 0 unspecified atom stereocenters. The van der Waals surface area contributed by atoms with Crippen LogP contribution in [-0.2, 0) is 15.7 Å². The van der Waals surface area contributed by atoms with E-state index in [-0.39, 0.29) is 12.4 Å². The topological polar surface area (TPSA) is 52.6 Å². The molecule has 4 nitrogen and oxygen atoms in total. The van der Waals surface area contributed by atoms with Crippen LogP contribution in [0, 0.1) is 0 Å². The van der Waals surface area contributed by atoms with Crippen molar-refractivity contribution in [2.24, 2.45) is 0 Å². The largest absolute Gasteiger partial charge is 0.493 e. The Morgan fingerprint density at radius 1 is 1.29 bits per heavy atom. The summed E-state index contributed by atoms with van der Waals surface area (Å²) in [5, 5.41) is 0. The van der Waals surface area contributed by atoms with Gasteiger partial charge >= 0.3 is 0 Å². The number of ether oxygens (including phenoxy) is 2. The number of hydrogen-bond acceptors (Lipinski definition) is 4. The average Bonchev–Trinajstić information content (AvgIpc) is 2.38. The normalized spacial score (nSPS) is 12.3. The Morgan fingerprint density at radius 2 is 1.90 bits per heavy atom. The maximum Gasteiger partial charge on any atom is 0.175 e. The summed E-state index contributed by atoms with van der Waals surface area (Å²) in [4.78, 5) is 0. The Hall–Kier alpha value is -0.460. The van der Waals surface area contributed by atoms with Crippen LogP contribution in [-0.4, -0.2) is 32.6 Å². The molecule has 0 fully saturated rings. The van der Waals surface area contributed by atoms with Gasteiger partial charge in [-0.25, -0.2) is 8.42 Å². The van der Waals surface area contributed by atoms with E-state index in [2.05, 4.69) is 15.9 Å². The molecule has 0 aromatic heterocycles. The first-order valence-electron chi connectivity index (χ1n) is 6.40. The monoisotopic (exact) mass is 398 g/mol. The fourth-order valence-corrected chi connectivity index (χ4v) is 3.22. The molecule has 0 heterocycles. The lowest BCUT2D eigenvalue weighted by Gasteiger charge is -2.20. The highest BCUT2D eigenvalue weighted by molar-refractivity contribution is 9.10. The minimum absolute atomic E-state index is 0.0522. The van der Waals surface area contributed by atoms with Crippen LogP contribution in [0.1, 0.15) is 26.3 Å². The van der Waals surface area contributed by atoms with E-state index in [4.69, 9.17) is 21.1 Å². The van der Waals surface area contributed by atoms with Gasteiger partial charge in [-0.15, -0.1) is 11.6 Å². The highest BCUT2D eigenvalue weighted by Gasteiger charge is 2.28. The van der Waals surface area contributed by atoms with Gasteiger partial charge in [0.1, 0.15) is 6.61 Å². The van der Waals surface area contributed by atoms with E-state index < -0.39 is 14.6 Å². The van der Waals surface area contributed by atoms with Crippen molar-refractivity contribution in [3.8, 4) is 11.5 Å². The third-order valence-electron chi connectivity index (χ3n) is 2.98. The molecular weight excluding hydrogens is 380 g/mol.